The van der Waals surface area contributed by atoms with Crippen LogP contribution in [0.25, 0.3) is 0 Å². The Hall–Kier alpha value is -2.54. The van der Waals surface area contributed by atoms with E-state index < -0.39 is 6.09 Å². The predicted molar refractivity (Wildman–Crippen MR) is 97.2 cm³/mol. The molecule has 0 spiro atoms. The molecule has 0 aliphatic rings. The van der Waals surface area contributed by atoms with Gasteiger partial charge in [0.05, 0.1) is 13.2 Å². The smallest absolute Gasteiger partial charge is 0.411 e. The molecule has 1 unspecified atom stereocenters. The number of hydrogen-bond donors (Lipinski definition) is 3. The van der Waals surface area contributed by atoms with Gasteiger partial charge in [0, 0.05) is 15.8 Å². The number of carbonyl (C=O) groups is 2. The summed E-state index contributed by atoms with van der Waals surface area (Å²) in [5.41, 5.74) is 2.06. The largest absolute Gasteiger partial charge is 0.453 e. The second kappa shape index (κ2) is 8.35. The van der Waals surface area contributed by atoms with Crippen LogP contribution in [0.4, 0.5) is 21.0 Å². The number of anilines is 2. The molecule has 6 nitrogen and oxygen atoms in total. The van der Waals surface area contributed by atoms with Crippen molar-refractivity contribution in [3.63, 3.8) is 0 Å². The third-order valence-electron chi connectivity index (χ3n) is 3.27. The topological polar surface area (TPSA) is 79.5 Å². The standard InChI is InChI=1S/C17H18BrN3O3/c1-11(14-8-3-4-9-15(14)18)19-16(22)20-12-6-5-7-13(10-12)21-17(23)24-2/h3-11H,1-2H3,(H,21,23)(H2,19,20,22). The molecule has 0 heterocycles. The second-order valence-electron chi connectivity index (χ2n) is 5.04. The van der Waals surface area contributed by atoms with Crippen LogP contribution >= 0.6 is 15.9 Å². The van der Waals surface area contributed by atoms with Gasteiger partial charge in [0.2, 0.25) is 0 Å². The Morgan fingerprint density at radius 1 is 1.04 bits per heavy atom. The first-order valence-corrected chi connectivity index (χ1v) is 8.06. The van der Waals surface area contributed by atoms with E-state index in [1.807, 2.05) is 31.2 Å². The summed E-state index contributed by atoms with van der Waals surface area (Å²) in [6.07, 6.45) is -0.570. The first kappa shape index (κ1) is 17.8. The van der Waals surface area contributed by atoms with Crippen LogP contribution in [0.3, 0.4) is 0 Å². The number of hydrogen-bond acceptors (Lipinski definition) is 3. The van der Waals surface area contributed by atoms with E-state index in [-0.39, 0.29) is 12.1 Å². The Bertz CT molecular complexity index is 737. The number of urea groups is 1. The highest BCUT2D eigenvalue weighted by molar-refractivity contribution is 9.10. The number of rotatable bonds is 4. The van der Waals surface area contributed by atoms with Crippen LogP contribution < -0.4 is 16.0 Å². The molecule has 126 valence electrons. The average molecular weight is 392 g/mol. The molecule has 2 aromatic rings. The van der Waals surface area contributed by atoms with E-state index in [4.69, 9.17) is 0 Å². The van der Waals surface area contributed by atoms with Crippen molar-refractivity contribution < 1.29 is 14.3 Å². The lowest BCUT2D eigenvalue weighted by Gasteiger charge is -2.16. The Morgan fingerprint density at radius 3 is 2.38 bits per heavy atom. The third-order valence-corrected chi connectivity index (χ3v) is 3.99. The number of amides is 3. The first-order valence-electron chi connectivity index (χ1n) is 7.26. The quantitative estimate of drug-likeness (QED) is 0.716. The molecular formula is C17H18BrN3O3. The summed E-state index contributed by atoms with van der Waals surface area (Å²) in [6, 6.07) is 14.0. The first-order chi connectivity index (χ1) is 11.5. The lowest BCUT2D eigenvalue weighted by molar-refractivity contribution is 0.187. The zero-order valence-corrected chi connectivity index (χ0v) is 14.9. The number of methoxy groups -OCH3 is 1. The highest BCUT2D eigenvalue weighted by Gasteiger charge is 2.12. The normalized spacial score (nSPS) is 11.3. The minimum atomic E-state index is -0.570. The third kappa shape index (κ3) is 4.99. The molecule has 0 aromatic heterocycles. The Balaban J connectivity index is 1.98. The van der Waals surface area contributed by atoms with Crippen LogP contribution in [0, 0.1) is 0 Å². The summed E-state index contributed by atoms with van der Waals surface area (Å²) in [7, 11) is 1.29. The fourth-order valence-electron chi connectivity index (χ4n) is 2.11. The summed E-state index contributed by atoms with van der Waals surface area (Å²) in [5.74, 6) is 0. The number of benzene rings is 2. The fourth-order valence-corrected chi connectivity index (χ4v) is 2.74. The van der Waals surface area contributed by atoms with E-state index in [0.29, 0.717) is 11.4 Å². The van der Waals surface area contributed by atoms with Crippen LogP contribution in [0.15, 0.2) is 53.0 Å². The molecule has 3 N–H and O–H groups in total. The monoisotopic (exact) mass is 391 g/mol. The van der Waals surface area contributed by atoms with Gasteiger partial charge >= 0.3 is 12.1 Å². The number of halogens is 1. The molecule has 7 heteroatoms. The Kier molecular flexibility index (Phi) is 6.20. The van der Waals surface area contributed by atoms with Gasteiger partial charge in [-0.1, -0.05) is 40.2 Å². The van der Waals surface area contributed by atoms with Crippen molar-refractivity contribution in [2.75, 3.05) is 17.7 Å². The van der Waals surface area contributed by atoms with Crippen LogP contribution in [0.2, 0.25) is 0 Å². The average Bonchev–Trinajstić information content (AvgIpc) is 2.55. The maximum Gasteiger partial charge on any atom is 0.411 e. The molecule has 1 atom stereocenters. The minimum absolute atomic E-state index is 0.169. The van der Waals surface area contributed by atoms with E-state index in [2.05, 4.69) is 36.6 Å². The maximum atomic E-state index is 12.1. The van der Waals surface area contributed by atoms with E-state index in [0.717, 1.165) is 10.0 Å². The number of carbonyl (C=O) groups excluding carboxylic acids is 2. The van der Waals surface area contributed by atoms with Gasteiger partial charge in [-0.3, -0.25) is 5.32 Å². The van der Waals surface area contributed by atoms with E-state index in [1.54, 1.807) is 24.3 Å². The molecule has 24 heavy (non-hydrogen) atoms. The van der Waals surface area contributed by atoms with Crippen molar-refractivity contribution >= 4 is 39.4 Å². The molecule has 3 amide bonds. The number of ether oxygens (including phenoxy) is 1. The molecule has 0 saturated heterocycles. The molecule has 0 fully saturated rings. The van der Waals surface area contributed by atoms with Crippen molar-refractivity contribution in [3.05, 3.63) is 58.6 Å². The minimum Gasteiger partial charge on any atom is -0.453 e. The molecule has 0 aliphatic carbocycles. The lowest BCUT2D eigenvalue weighted by Crippen LogP contribution is -2.31. The van der Waals surface area contributed by atoms with Gasteiger partial charge in [0.25, 0.3) is 0 Å². The molecule has 2 aromatic carbocycles. The molecule has 0 radical (unpaired) electrons. The lowest BCUT2D eigenvalue weighted by atomic mass is 10.1. The van der Waals surface area contributed by atoms with Crippen LogP contribution in [-0.2, 0) is 4.74 Å². The van der Waals surface area contributed by atoms with Crippen molar-refractivity contribution in [2.24, 2.45) is 0 Å². The summed E-state index contributed by atoms with van der Waals surface area (Å²) in [4.78, 5) is 23.4. The Morgan fingerprint density at radius 2 is 1.71 bits per heavy atom. The molecule has 0 bridgehead atoms. The van der Waals surface area contributed by atoms with Gasteiger partial charge in [0.15, 0.2) is 0 Å². The van der Waals surface area contributed by atoms with Crippen LogP contribution in [0.5, 0.6) is 0 Å². The number of nitrogens with one attached hydrogen (secondary N) is 3. The van der Waals surface area contributed by atoms with Crippen LogP contribution in [-0.4, -0.2) is 19.2 Å². The van der Waals surface area contributed by atoms with E-state index in [9.17, 15) is 9.59 Å². The Labute approximate surface area is 148 Å². The van der Waals surface area contributed by atoms with Crippen LogP contribution in [0.1, 0.15) is 18.5 Å². The van der Waals surface area contributed by atoms with Gasteiger partial charge in [-0.25, -0.2) is 9.59 Å². The summed E-state index contributed by atoms with van der Waals surface area (Å²) in [6.45, 7) is 1.90. The fraction of sp³-hybridized carbons (Fsp3) is 0.176. The highest BCUT2D eigenvalue weighted by atomic mass is 79.9. The van der Waals surface area contributed by atoms with Crippen molar-refractivity contribution in [1.82, 2.24) is 5.32 Å². The SMILES string of the molecule is COC(=O)Nc1cccc(NC(=O)NC(C)c2ccccc2Br)c1. The maximum absolute atomic E-state index is 12.1. The van der Waals surface area contributed by atoms with Crippen molar-refractivity contribution in [2.45, 2.75) is 13.0 Å². The van der Waals surface area contributed by atoms with Gasteiger partial charge in [-0.2, -0.15) is 0 Å². The van der Waals surface area contributed by atoms with Crippen molar-refractivity contribution in [1.29, 1.82) is 0 Å². The second-order valence-corrected chi connectivity index (χ2v) is 5.89. The van der Waals surface area contributed by atoms with Gasteiger partial charge in [0.1, 0.15) is 0 Å². The molecule has 2 rings (SSSR count). The molecule has 0 saturated carbocycles. The highest BCUT2D eigenvalue weighted by Crippen LogP contribution is 2.23. The van der Waals surface area contributed by atoms with E-state index >= 15 is 0 Å². The summed E-state index contributed by atoms with van der Waals surface area (Å²) < 4.78 is 5.47. The molecule has 0 aliphatic heterocycles. The zero-order chi connectivity index (χ0) is 17.5. The summed E-state index contributed by atoms with van der Waals surface area (Å²) in [5, 5.41) is 8.14. The van der Waals surface area contributed by atoms with Gasteiger partial charge < -0.3 is 15.4 Å². The molecular weight excluding hydrogens is 374 g/mol. The van der Waals surface area contributed by atoms with E-state index in [1.165, 1.54) is 7.11 Å². The predicted octanol–water partition coefficient (Wildman–Crippen LogP) is 4.51. The zero-order valence-electron chi connectivity index (χ0n) is 13.3. The van der Waals surface area contributed by atoms with Gasteiger partial charge in [-0.05, 0) is 36.8 Å². The van der Waals surface area contributed by atoms with Crippen molar-refractivity contribution in [3.8, 4) is 0 Å². The van der Waals surface area contributed by atoms with Gasteiger partial charge in [-0.15, -0.1) is 0 Å². The summed E-state index contributed by atoms with van der Waals surface area (Å²) >= 11 is 3.47.